The second kappa shape index (κ2) is 6.11. The van der Waals surface area contributed by atoms with Gasteiger partial charge in [0.15, 0.2) is 6.61 Å². The van der Waals surface area contributed by atoms with E-state index in [0.717, 1.165) is 5.01 Å². The van der Waals surface area contributed by atoms with Crippen LogP contribution in [0.1, 0.15) is 15.4 Å². The number of ether oxygens (including phenoxy) is 1. The first kappa shape index (κ1) is 13.9. The van der Waals surface area contributed by atoms with Crippen LogP contribution in [0.5, 0.6) is 5.75 Å². The summed E-state index contributed by atoms with van der Waals surface area (Å²) in [6, 6.07) is 5.80. The van der Waals surface area contributed by atoms with Crippen LogP contribution >= 0.6 is 11.3 Å². The summed E-state index contributed by atoms with van der Waals surface area (Å²) >= 11 is 1.27. The second-order valence-corrected chi connectivity index (χ2v) is 4.97. The average Bonchev–Trinajstić information content (AvgIpc) is 2.82. The molecule has 1 heterocycles. The SMILES string of the molecule is Cc1nnc(NC(=O)COc2ccc(C(=O)O)cc2)s1. The van der Waals surface area contributed by atoms with Crippen LogP contribution < -0.4 is 10.1 Å². The predicted molar refractivity (Wildman–Crippen MR) is 72.2 cm³/mol. The van der Waals surface area contributed by atoms with E-state index in [9.17, 15) is 9.59 Å². The van der Waals surface area contributed by atoms with Gasteiger partial charge in [0.05, 0.1) is 5.56 Å². The lowest BCUT2D eigenvalue weighted by Gasteiger charge is -2.05. The summed E-state index contributed by atoms with van der Waals surface area (Å²) in [5.74, 6) is -0.956. The number of carboxylic acid groups (broad SMARTS) is 1. The van der Waals surface area contributed by atoms with E-state index in [1.54, 1.807) is 6.92 Å². The monoisotopic (exact) mass is 293 g/mol. The zero-order chi connectivity index (χ0) is 14.5. The van der Waals surface area contributed by atoms with Crippen molar-refractivity contribution >= 4 is 28.3 Å². The third-order valence-electron chi connectivity index (χ3n) is 2.24. The number of rotatable bonds is 5. The smallest absolute Gasteiger partial charge is 0.335 e. The number of carbonyl (C=O) groups excluding carboxylic acids is 1. The molecule has 0 atom stereocenters. The molecule has 0 spiro atoms. The molecule has 0 bridgehead atoms. The van der Waals surface area contributed by atoms with E-state index in [0.29, 0.717) is 10.9 Å². The van der Waals surface area contributed by atoms with Crippen molar-refractivity contribution in [2.75, 3.05) is 11.9 Å². The number of aryl methyl sites for hydroxylation is 1. The van der Waals surface area contributed by atoms with Crippen molar-refractivity contribution in [3.05, 3.63) is 34.8 Å². The maximum Gasteiger partial charge on any atom is 0.335 e. The normalized spacial score (nSPS) is 10.1. The number of nitrogens with zero attached hydrogens (tertiary/aromatic N) is 2. The third kappa shape index (κ3) is 3.75. The minimum absolute atomic E-state index is 0.158. The van der Waals surface area contributed by atoms with Crippen LogP contribution in [-0.2, 0) is 4.79 Å². The van der Waals surface area contributed by atoms with Crippen molar-refractivity contribution in [2.24, 2.45) is 0 Å². The number of hydrogen-bond acceptors (Lipinski definition) is 6. The highest BCUT2D eigenvalue weighted by atomic mass is 32.1. The van der Waals surface area contributed by atoms with Crippen LogP contribution in [0.4, 0.5) is 5.13 Å². The van der Waals surface area contributed by atoms with Crippen LogP contribution in [0, 0.1) is 6.92 Å². The largest absolute Gasteiger partial charge is 0.484 e. The van der Waals surface area contributed by atoms with Crippen molar-refractivity contribution in [1.82, 2.24) is 10.2 Å². The Balaban J connectivity index is 1.85. The van der Waals surface area contributed by atoms with Crippen LogP contribution in [-0.4, -0.2) is 33.8 Å². The Morgan fingerprint density at radius 3 is 2.55 bits per heavy atom. The molecule has 0 aliphatic rings. The molecule has 2 aromatic rings. The van der Waals surface area contributed by atoms with E-state index in [2.05, 4.69) is 15.5 Å². The molecule has 0 radical (unpaired) electrons. The Kier molecular flexibility index (Phi) is 4.26. The molecule has 20 heavy (non-hydrogen) atoms. The lowest BCUT2D eigenvalue weighted by Crippen LogP contribution is -2.20. The molecule has 7 nitrogen and oxygen atoms in total. The zero-order valence-corrected chi connectivity index (χ0v) is 11.3. The number of nitrogens with one attached hydrogen (secondary N) is 1. The number of aromatic nitrogens is 2. The van der Waals surface area contributed by atoms with Crippen LogP contribution in [0.2, 0.25) is 0 Å². The van der Waals surface area contributed by atoms with Gasteiger partial charge >= 0.3 is 5.97 Å². The lowest BCUT2D eigenvalue weighted by molar-refractivity contribution is -0.118. The lowest BCUT2D eigenvalue weighted by atomic mass is 10.2. The molecular formula is C12H11N3O4S. The number of hydrogen-bond donors (Lipinski definition) is 2. The highest BCUT2D eigenvalue weighted by molar-refractivity contribution is 7.15. The van der Waals surface area contributed by atoms with Gasteiger partial charge in [0.25, 0.3) is 5.91 Å². The van der Waals surface area contributed by atoms with Gasteiger partial charge in [-0.1, -0.05) is 11.3 Å². The Labute approximate surface area is 118 Å². The van der Waals surface area contributed by atoms with E-state index < -0.39 is 5.97 Å². The van der Waals surface area contributed by atoms with E-state index in [-0.39, 0.29) is 18.1 Å². The molecule has 0 saturated carbocycles. The minimum Gasteiger partial charge on any atom is -0.484 e. The zero-order valence-electron chi connectivity index (χ0n) is 10.5. The molecule has 0 saturated heterocycles. The number of aromatic carboxylic acids is 1. The minimum atomic E-state index is -1.01. The summed E-state index contributed by atoms with van der Waals surface area (Å²) in [4.78, 5) is 22.2. The summed E-state index contributed by atoms with van der Waals surface area (Å²) in [7, 11) is 0. The van der Waals surface area contributed by atoms with E-state index in [4.69, 9.17) is 9.84 Å². The summed E-state index contributed by atoms with van der Waals surface area (Å²) in [5, 5.41) is 20.0. The van der Waals surface area contributed by atoms with Gasteiger partial charge in [-0.3, -0.25) is 10.1 Å². The molecule has 1 amide bonds. The van der Waals surface area contributed by atoms with Gasteiger partial charge in [0.2, 0.25) is 5.13 Å². The van der Waals surface area contributed by atoms with E-state index >= 15 is 0 Å². The maximum absolute atomic E-state index is 11.6. The molecule has 0 aliphatic heterocycles. The molecule has 8 heteroatoms. The second-order valence-electron chi connectivity index (χ2n) is 3.79. The van der Waals surface area contributed by atoms with Gasteiger partial charge in [-0.2, -0.15) is 0 Å². The number of anilines is 1. The maximum atomic E-state index is 11.6. The molecule has 2 N–H and O–H groups in total. The van der Waals surface area contributed by atoms with Gasteiger partial charge in [-0.25, -0.2) is 4.79 Å². The molecule has 104 valence electrons. The standard InChI is InChI=1S/C12H11N3O4S/c1-7-14-15-12(20-7)13-10(16)6-19-9-4-2-8(3-5-9)11(17)18/h2-5H,6H2,1H3,(H,17,18)(H,13,15,16). The summed E-state index contributed by atoms with van der Waals surface area (Å²) in [6.07, 6.45) is 0. The van der Waals surface area contributed by atoms with Crippen molar-refractivity contribution in [2.45, 2.75) is 6.92 Å². The van der Waals surface area contributed by atoms with Crippen molar-refractivity contribution in [3.63, 3.8) is 0 Å². The van der Waals surface area contributed by atoms with Gasteiger partial charge in [-0.15, -0.1) is 10.2 Å². The molecular weight excluding hydrogens is 282 g/mol. The van der Waals surface area contributed by atoms with Gasteiger partial charge < -0.3 is 9.84 Å². The van der Waals surface area contributed by atoms with E-state index in [1.807, 2.05) is 0 Å². The first-order chi connectivity index (χ1) is 9.54. The van der Waals surface area contributed by atoms with Crippen LogP contribution in [0.15, 0.2) is 24.3 Å². The van der Waals surface area contributed by atoms with Gasteiger partial charge in [-0.05, 0) is 31.2 Å². The topological polar surface area (TPSA) is 101 Å². The first-order valence-corrected chi connectivity index (χ1v) is 6.42. The highest BCUT2D eigenvalue weighted by Crippen LogP contribution is 2.14. The number of benzene rings is 1. The highest BCUT2D eigenvalue weighted by Gasteiger charge is 2.08. The van der Waals surface area contributed by atoms with E-state index in [1.165, 1.54) is 35.6 Å². The Hall–Kier alpha value is -2.48. The van der Waals surface area contributed by atoms with Crippen molar-refractivity contribution < 1.29 is 19.4 Å². The van der Waals surface area contributed by atoms with Gasteiger partial charge in [0, 0.05) is 0 Å². The fourth-order valence-electron chi connectivity index (χ4n) is 1.35. The molecule has 2 rings (SSSR count). The Morgan fingerprint density at radius 1 is 1.30 bits per heavy atom. The quantitative estimate of drug-likeness (QED) is 0.867. The summed E-state index contributed by atoms with van der Waals surface area (Å²) < 4.78 is 5.23. The third-order valence-corrected chi connectivity index (χ3v) is 3.00. The summed E-state index contributed by atoms with van der Waals surface area (Å²) in [6.45, 7) is 1.60. The predicted octanol–water partition coefficient (Wildman–Crippen LogP) is 1.56. The van der Waals surface area contributed by atoms with Crippen molar-refractivity contribution in [1.29, 1.82) is 0 Å². The van der Waals surface area contributed by atoms with Gasteiger partial charge in [0.1, 0.15) is 10.8 Å². The fraction of sp³-hybridized carbons (Fsp3) is 0.167. The molecule has 0 unspecified atom stereocenters. The Bertz CT molecular complexity index is 624. The molecule has 1 aromatic heterocycles. The van der Waals surface area contributed by atoms with Crippen LogP contribution in [0.3, 0.4) is 0 Å². The number of carbonyl (C=O) groups is 2. The average molecular weight is 293 g/mol. The number of amides is 1. The molecule has 1 aromatic carbocycles. The number of carboxylic acids is 1. The molecule has 0 aliphatic carbocycles. The first-order valence-electron chi connectivity index (χ1n) is 5.61. The fourth-order valence-corrected chi connectivity index (χ4v) is 1.95. The molecule has 0 fully saturated rings. The summed E-state index contributed by atoms with van der Waals surface area (Å²) in [5.41, 5.74) is 0.158. The van der Waals surface area contributed by atoms with Crippen LogP contribution in [0.25, 0.3) is 0 Å². The Morgan fingerprint density at radius 2 is 2.00 bits per heavy atom. The van der Waals surface area contributed by atoms with Crippen molar-refractivity contribution in [3.8, 4) is 5.75 Å².